The predicted octanol–water partition coefficient (Wildman–Crippen LogP) is 4.35. The minimum atomic E-state index is 0.585. The molecule has 0 unspecified atom stereocenters. The maximum atomic E-state index is 5.83. The van der Waals surface area contributed by atoms with Crippen molar-refractivity contribution in [1.29, 1.82) is 0 Å². The van der Waals surface area contributed by atoms with Gasteiger partial charge in [-0.1, -0.05) is 6.07 Å². The Morgan fingerprint density at radius 1 is 1.08 bits per heavy atom. The van der Waals surface area contributed by atoms with Gasteiger partial charge in [0.15, 0.2) is 5.58 Å². The van der Waals surface area contributed by atoms with Crippen LogP contribution in [0.25, 0.3) is 11.1 Å². The van der Waals surface area contributed by atoms with Gasteiger partial charge in [0.25, 0.3) is 6.01 Å². The molecule has 0 aliphatic rings. The zero-order valence-corrected chi connectivity index (χ0v) is 15.2. The molecule has 5 nitrogen and oxygen atoms in total. The number of nitrogens with zero attached hydrogens (tertiary/aromatic N) is 2. The molecule has 6 heteroatoms. The highest BCUT2D eigenvalue weighted by molar-refractivity contribution is 7.97. The monoisotopic (exact) mass is 345 g/mol. The third kappa shape index (κ3) is 4.33. The number of aromatic nitrogens is 1. The summed E-state index contributed by atoms with van der Waals surface area (Å²) in [6.07, 6.45) is 0. The van der Waals surface area contributed by atoms with E-state index in [-0.39, 0.29) is 0 Å². The Labute approximate surface area is 146 Å². The fourth-order valence-electron chi connectivity index (χ4n) is 2.45. The molecule has 0 saturated carbocycles. The van der Waals surface area contributed by atoms with Crippen molar-refractivity contribution in [3.63, 3.8) is 0 Å². The molecule has 0 saturated heterocycles. The highest BCUT2D eigenvalue weighted by Crippen LogP contribution is 2.24. The minimum absolute atomic E-state index is 0.585. The molecule has 1 aromatic carbocycles. The van der Waals surface area contributed by atoms with Crippen LogP contribution in [0.3, 0.4) is 0 Å². The number of oxazole rings is 1. The molecule has 0 atom stereocenters. The minimum Gasteiger partial charge on any atom is -0.464 e. The molecule has 0 spiro atoms. The number of nitrogens with one attached hydrogen (secondary N) is 1. The van der Waals surface area contributed by atoms with Crippen LogP contribution in [-0.2, 0) is 18.1 Å². The maximum absolute atomic E-state index is 5.83. The van der Waals surface area contributed by atoms with Gasteiger partial charge in [0.2, 0.25) is 0 Å². The molecule has 2 aromatic heterocycles. The Morgan fingerprint density at radius 3 is 2.71 bits per heavy atom. The van der Waals surface area contributed by atoms with Gasteiger partial charge in [-0.15, -0.1) is 11.8 Å². The molecule has 24 heavy (non-hydrogen) atoms. The van der Waals surface area contributed by atoms with E-state index in [2.05, 4.69) is 39.5 Å². The van der Waals surface area contributed by atoms with E-state index in [9.17, 15) is 0 Å². The smallest absolute Gasteiger partial charge is 0.295 e. The Hall–Kier alpha value is -1.92. The predicted molar refractivity (Wildman–Crippen MR) is 99.3 cm³/mol. The van der Waals surface area contributed by atoms with Gasteiger partial charge in [0.1, 0.15) is 17.0 Å². The van der Waals surface area contributed by atoms with Crippen LogP contribution < -0.4 is 5.32 Å². The van der Waals surface area contributed by atoms with E-state index in [4.69, 9.17) is 8.83 Å². The fourth-order valence-corrected chi connectivity index (χ4v) is 3.33. The maximum Gasteiger partial charge on any atom is 0.295 e. The number of anilines is 1. The Kier molecular flexibility index (Phi) is 5.48. The van der Waals surface area contributed by atoms with E-state index in [1.807, 2.05) is 38.8 Å². The van der Waals surface area contributed by atoms with Crippen molar-refractivity contribution < 1.29 is 8.83 Å². The molecule has 128 valence electrons. The van der Waals surface area contributed by atoms with Crippen molar-refractivity contribution in [3.05, 3.63) is 47.4 Å². The summed E-state index contributed by atoms with van der Waals surface area (Å²) < 4.78 is 11.5. The van der Waals surface area contributed by atoms with Crippen molar-refractivity contribution in [1.82, 2.24) is 9.88 Å². The fraction of sp³-hybridized carbons (Fsp3) is 0.389. The number of furan rings is 1. The highest BCUT2D eigenvalue weighted by Gasteiger charge is 2.07. The number of fused-ring (bicyclic) bond motifs is 1. The molecule has 0 aliphatic carbocycles. The second-order valence-corrected chi connectivity index (χ2v) is 6.94. The Balaban J connectivity index is 1.56. The van der Waals surface area contributed by atoms with Crippen LogP contribution in [0.15, 0.2) is 39.2 Å². The molecule has 0 bridgehead atoms. The summed E-state index contributed by atoms with van der Waals surface area (Å²) in [6.45, 7) is 3.66. The molecule has 0 aliphatic heterocycles. The van der Waals surface area contributed by atoms with Crippen molar-refractivity contribution in [2.45, 2.75) is 25.0 Å². The van der Waals surface area contributed by atoms with E-state index < -0.39 is 0 Å². The third-order valence-electron chi connectivity index (χ3n) is 3.48. The van der Waals surface area contributed by atoms with Crippen LogP contribution in [-0.4, -0.2) is 30.5 Å². The van der Waals surface area contributed by atoms with Crippen molar-refractivity contribution in [2.24, 2.45) is 0 Å². The average molecular weight is 345 g/mol. The summed E-state index contributed by atoms with van der Waals surface area (Å²) in [5.41, 5.74) is 2.95. The topological polar surface area (TPSA) is 54.4 Å². The summed E-state index contributed by atoms with van der Waals surface area (Å²) >= 11 is 1.83. The summed E-state index contributed by atoms with van der Waals surface area (Å²) in [7, 11) is 4.08. The lowest BCUT2D eigenvalue weighted by Crippen LogP contribution is -2.09. The van der Waals surface area contributed by atoms with Gasteiger partial charge in [-0.25, -0.2) is 0 Å². The quantitative estimate of drug-likeness (QED) is 0.655. The normalized spacial score (nSPS) is 11.5. The first kappa shape index (κ1) is 16.9. The Morgan fingerprint density at radius 2 is 1.92 bits per heavy atom. The lowest BCUT2D eigenvalue weighted by molar-refractivity contribution is 0.344. The zero-order chi connectivity index (χ0) is 16.9. The summed E-state index contributed by atoms with van der Waals surface area (Å²) in [5.74, 6) is 3.81. The second kappa shape index (κ2) is 7.77. The van der Waals surface area contributed by atoms with E-state index >= 15 is 0 Å². The molecular formula is C18H23N3O2S. The van der Waals surface area contributed by atoms with Crippen molar-refractivity contribution in [3.8, 4) is 0 Å². The summed E-state index contributed by atoms with van der Waals surface area (Å²) in [5, 5.41) is 3.10. The van der Waals surface area contributed by atoms with E-state index in [1.54, 1.807) is 0 Å². The molecule has 0 fully saturated rings. The average Bonchev–Trinajstić information content (AvgIpc) is 3.13. The van der Waals surface area contributed by atoms with Gasteiger partial charge >= 0.3 is 0 Å². The van der Waals surface area contributed by atoms with Crippen LogP contribution in [0.4, 0.5) is 6.01 Å². The van der Waals surface area contributed by atoms with Gasteiger partial charge in [0, 0.05) is 12.3 Å². The van der Waals surface area contributed by atoms with Gasteiger partial charge < -0.3 is 19.1 Å². The molecule has 3 rings (SSSR count). The number of hydrogen-bond acceptors (Lipinski definition) is 6. The second-order valence-electron chi connectivity index (χ2n) is 5.95. The first-order valence-corrected chi connectivity index (χ1v) is 9.23. The molecule has 2 heterocycles. The standard InChI is InChI=1S/C18H23N3O2S/c1-4-19-18-20-16-8-5-13(9-17(16)23-18)11-24-12-15-7-6-14(22-15)10-21(2)3/h5-9H,4,10-12H2,1-3H3,(H,19,20). The molecule has 0 amide bonds. The lowest BCUT2D eigenvalue weighted by atomic mass is 10.2. The van der Waals surface area contributed by atoms with Crippen molar-refractivity contribution in [2.75, 3.05) is 26.0 Å². The SMILES string of the molecule is CCNc1nc2ccc(CSCc3ccc(CN(C)C)o3)cc2o1. The first-order chi connectivity index (χ1) is 11.6. The van der Waals surface area contributed by atoms with E-state index in [0.717, 1.165) is 47.2 Å². The van der Waals surface area contributed by atoms with Crippen LogP contribution in [0.1, 0.15) is 24.0 Å². The van der Waals surface area contributed by atoms with Crippen LogP contribution in [0, 0.1) is 0 Å². The number of thioether (sulfide) groups is 1. The van der Waals surface area contributed by atoms with Gasteiger partial charge in [0.05, 0.1) is 12.3 Å². The number of hydrogen-bond donors (Lipinski definition) is 1. The molecular weight excluding hydrogens is 322 g/mol. The summed E-state index contributed by atoms with van der Waals surface area (Å²) in [6, 6.07) is 10.9. The van der Waals surface area contributed by atoms with Crippen LogP contribution in [0.5, 0.6) is 0 Å². The highest BCUT2D eigenvalue weighted by atomic mass is 32.2. The largest absolute Gasteiger partial charge is 0.464 e. The van der Waals surface area contributed by atoms with Gasteiger partial charge in [-0.2, -0.15) is 4.98 Å². The molecule has 0 radical (unpaired) electrons. The van der Waals surface area contributed by atoms with E-state index in [1.165, 1.54) is 5.56 Å². The zero-order valence-electron chi connectivity index (χ0n) is 14.3. The summed E-state index contributed by atoms with van der Waals surface area (Å²) in [4.78, 5) is 6.50. The number of rotatable bonds is 8. The van der Waals surface area contributed by atoms with E-state index in [0.29, 0.717) is 6.01 Å². The van der Waals surface area contributed by atoms with Gasteiger partial charge in [-0.3, -0.25) is 0 Å². The van der Waals surface area contributed by atoms with Crippen LogP contribution >= 0.6 is 11.8 Å². The van der Waals surface area contributed by atoms with Crippen molar-refractivity contribution >= 4 is 28.9 Å². The Bertz CT molecular complexity index is 795. The molecule has 1 N–H and O–H groups in total. The first-order valence-electron chi connectivity index (χ1n) is 8.07. The van der Waals surface area contributed by atoms with Gasteiger partial charge in [-0.05, 0) is 50.8 Å². The lowest BCUT2D eigenvalue weighted by Gasteiger charge is -2.05. The van der Waals surface area contributed by atoms with Crippen LogP contribution in [0.2, 0.25) is 0 Å². The molecule has 3 aromatic rings. The number of benzene rings is 1. The third-order valence-corrected chi connectivity index (χ3v) is 4.51.